The Kier molecular flexibility index (Phi) is 4.60. The van der Waals surface area contributed by atoms with Gasteiger partial charge in [-0.2, -0.15) is 15.6 Å². The third-order valence-electron chi connectivity index (χ3n) is 1.95. The van der Waals surface area contributed by atoms with E-state index in [0.717, 1.165) is 11.2 Å². The molecule has 0 spiro atoms. The second-order valence-electron chi connectivity index (χ2n) is 2.72. The van der Waals surface area contributed by atoms with Gasteiger partial charge in [0.05, 0.1) is 0 Å². The molecule has 0 aromatic rings. The van der Waals surface area contributed by atoms with Crippen molar-refractivity contribution < 1.29 is 4.70 Å². The van der Waals surface area contributed by atoms with Crippen LogP contribution >= 0.6 is 0 Å². The van der Waals surface area contributed by atoms with Crippen LogP contribution in [0.4, 0.5) is 0 Å². The predicted octanol–water partition coefficient (Wildman–Crippen LogP) is 0.502. The minimum Gasteiger partial charge on any atom is -0.174 e. The monoisotopic (exact) mass is 146 g/mol. The minimum absolute atomic E-state index is 0.744. The first-order valence-corrected chi connectivity index (χ1v) is 3.92. The SMILES string of the molecule is CCCC[N+](C)(NC)NC. The van der Waals surface area contributed by atoms with Crippen molar-refractivity contribution in [2.45, 2.75) is 19.8 Å². The van der Waals surface area contributed by atoms with Gasteiger partial charge >= 0.3 is 0 Å². The Bertz CT molecular complexity index is 78.9. The van der Waals surface area contributed by atoms with Crippen molar-refractivity contribution in [2.24, 2.45) is 0 Å². The van der Waals surface area contributed by atoms with Crippen LogP contribution in [0.5, 0.6) is 0 Å². The van der Waals surface area contributed by atoms with E-state index in [-0.39, 0.29) is 0 Å². The van der Waals surface area contributed by atoms with Crippen molar-refractivity contribution in [1.82, 2.24) is 10.9 Å². The van der Waals surface area contributed by atoms with Crippen molar-refractivity contribution >= 4 is 0 Å². The van der Waals surface area contributed by atoms with Gasteiger partial charge in [0, 0.05) is 14.1 Å². The third kappa shape index (κ3) is 3.15. The fourth-order valence-electron chi connectivity index (χ4n) is 0.810. The van der Waals surface area contributed by atoms with E-state index in [2.05, 4.69) is 24.8 Å². The van der Waals surface area contributed by atoms with E-state index in [4.69, 9.17) is 0 Å². The topological polar surface area (TPSA) is 24.1 Å². The zero-order chi connectivity index (χ0) is 8.04. The van der Waals surface area contributed by atoms with Gasteiger partial charge in [0.25, 0.3) is 0 Å². The molecule has 10 heavy (non-hydrogen) atoms. The lowest BCUT2D eigenvalue weighted by Crippen LogP contribution is -2.61. The number of quaternary nitrogens is 1. The summed E-state index contributed by atoms with van der Waals surface area (Å²) < 4.78 is 0.744. The van der Waals surface area contributed by atoms with Gasteiger partial charge in [-0.15, -0.1) is 0 Å². The van der Waals surface area contributed by atoms with Crippen LogP contribution in [-0.2, 0) is 0 Å². The van der Waals surface area contributed by atoms with Gasteiger partial charge in [-0.25, -0.2) is 0 Å². The lowest BCUT2D eigenvalue weighted by Gasteiger charge is -2.30. The fourth-order valence-corrected chi connectivity index (χ4v) is 0.810. The Hall–Kier alpha value is -0.120. The average molecular weight is 146 g/mol. The maximum absolute atomic E-state index is 3.19. The van der Waals surface area contributed by atoms with E-state index in [0.29, 0.717) is 0 Å². The molecule has 0 saturated heterocycles. The molecule has 62 valence electrons. The quantitative estimate of drug-likeness (QED) is 0.436. The predicted molar refractivity (Wildman–Crippen MR) is 44.1 cm³/mol. The molecule has 0 aliphatic carbocycles. The fraction of sp³-hybridized carbons (Fsp3) is 1.00. The van der Waals surface area contributed by atoms with Crippen LogP contribution in [0, 0.1) is 0 Å². The molecular weight excluding hydrogens is 126 g/mol. The normalized spacial score (nSPS) is 12.0. The zero-order valence-corrected chi connectivity index (χ0v) is 7.57. The molecule has 0 fully saturated rings. The molecular formula is C7H20N3+. The molecule has 0 unspecified atom stereocenters. The van der Waals surface area contributed by atoms with Crippen molar-refractivity contribution in [3.63, 3.8) is 0 Å². The van der Waals surface area contributed by atoms with Crippen molar-refractivity contribution in [3.05, 3.63) is 0 Å². The Morgan fingerprint density at radius 2 is 1.70 bits per heavy atom. The second kappa shape index (κ2) is 4.66. The van der Waals surface area contributed by atoms with Crippen LogP contribution in [0.2, 0.25) is 0 Å². The Labute approximate surface area is 63.9 Å². The van der Waals surface area contributed by atoms with Crippen LogP contribution < -0.4 is 10.9 Å². The minimum atomic E-state index is 0.744. The summed E-state index contributed by atoms with van der Waals surface area (Å²) in [7, 11) is 6.05. The Balaban J connectivity index is 3.58. The van der Waals surface area contributed by atoms with Crippen molar-refractivity contribution in [1.29, 1.82) is 0 Å². The molecule has 0 amide bonds. The third-order valence-corrected chi connectivity index (χ3v) is 1.95. The highest BCUT2D eigenvalue weighted by Gasteiger charge is 2.14. The summed E-state index contributed by atoms with van der Waals surface area (Å²) in [6, 6.07) is 0. The molecule has 0 aliphatic heterocycles. The molecule has 0 bridgehead atoms. The maximum atomic E-state index is 3.19. The molecule has 0 heterocycles. The van der Waals surface area contributed by atoms with E-state index >= 15 is 0 Å². The average Bonchev–Trinajstić information content (AvgIpc) is 2.00. The van der Waals surface area contributed by atoms with E-state index in [1.807, 2.05) is 14.1 Å². The van der Waals surface area contributed by atoms with Gasteiger partial charge in [0.2, 0.25) is 0 Å². The molecule has 2 N–H and O–H groups in total. The molecule has 3 nitrogen and oxygen atoms in total. The molecule has 0 aromatic carbocycles. The molecule has 0 rings (SSSR count). The maximum Gasteiger partial charge on any atom is 0.114 e. The largest absolute Gasteiger partial charge is 0.174 e. The lowest BCUT2D eigenvalue weighted by atomic mass is 10.3. The summed E-state index contributed by atoms with van der Waals surface area (Å²) in [6.07, 6.45) is 2.50. The number of unbranched alkanes of at least 4 members (excludes halogenated alkanes) is 1. The van der Waals surface area contributed by atoms with Crippen LogP contribution in [0.3, 0.4) is 0 Å². The summed E-state index contributed by atoms with van der Waals surface area (Å²) in [5.74, 6) is 0. The first kappa shape index (κ1) is 9.88. The molecule has 0 atom stereocenters. The van der Waals surface area contributed by atoms with Crippen LogP contribution in [0.15, 0.2) is 0 Å². The Morgan fingerprint density at radius 3 is 2.00 bits per heavy atom. The highest BCUT2D eigenvalue weighted by Crippen LogP contribution is 1.94. The number of hydrogen-bond acceptors (Lipinski definition) is 2. The zero-order valence-electron chi connectivity index (χ0n) is 7.57. The van der Waals surface area contributed by atoms with Crippen LogP contribution in [0.1, 0.15) is 19.8 Å². The van der Waals surface area contributed by atoms with Gasteiger partial charge in [0.15, 0.2) is 0 Å². The van der Waals surface area contributed by atoms with Crippen LogP contribution in [0.25, 0.3) is 0 Å². The first-order chi connectivity index (χ1) is 4.68. The van der Waals surface area contributed by atoms with Gasteiger partial charge in [0.1, 0.15) is 13.6 Å². The van der Waals surface area contributed by atoms with Crippen LogP contribution in [-0.4, -0.2) is 32.4 Å². The first-order valence-electron chi connectivity index (χ1n) is 3.92. The van der Waals surface area contributed by atoms with Gasteiger partial charge in [-0.3, -0.25) is 0 Å². The van der Waals surface area contributed by atoms with Gasteiger partial charge in [-0.05, 0) is 6.42 Å². The molecule has 0 radical (unpaired) electrons. The summed E-state index contributed by atoms with van der Waals surface area (Å²) in [5.41, 5.74) is 6.38. The smallest absolute Gasteiger partial charge is 0.114 e. The van der Waals surface area contributed by atoms with Crippen molar-refractivity contribution in [2.75, 3.05) is 27.7 Å². The second-order valence-corrected chi connectivity index (χ2v) is 2.72. The molecule has 0 aromatic heterocycles. The molecule has 3 heteroatoms. The van der Waals surface area contributed by atoms with Gasteiger partial charge in [-0.1, -0.05) is 13.3 Å². The van der Waals surface area contributed by atoms with Gasteiger partial charge < -0.3 is 0 Å². The van der Waals surface area contributed by atoms with E-state index in [9.17, 15) is 0 Å². The number of nitrogens with one attached hydrogen (secondary N) is 2. The summed E-state index contributed by atoms with van der Waals surface area (Å²) in [4.78, 5) is 0. The number of nitrogens with zero attached hydrogens (tertiary/aromatic N) is 1. The highest BCUT2D eigenvalue weighted by atomic mass is 15.8. The standard InChI is InChI=1S/C7H20N3/c1-5-6-7-10(4,8-2)9-3/h8-9H,5-7H2,1-4H3/q+1. The summed E-state index contributed by atoms with van der Waals surface area (Å²) >= 11 is 0. The number of rotatable bonds is 5. The lowest BCUT2D eigenvalue weighted by molar-refractivity contribution is -0.988. The highest BCUT2D eigenvalue weighted by molar-refractivity contribution is 4.29. The van der Waals surface area contributed by atoms with E-state index in [1.54, 1.807) is 0 Å². The van der Waals surface area contributed by atoms with E-state index < -0.39 is 0 Å². The molecule has 0 saturated carbocycles. The number of hydrogen-bond donors (Lipinski definition) is 2. The molecule has 0 aliphatic rings. The Morgan fingerprint density at radius 1 is 1.20 bits per heavy atom. The van der Waals surface area contributed by atoms with E-state index in [1.165, 1.54) is 12.8 Å². The summed E-state index contributed by atoms with van der Waals surface area (Å²) in [6.45, 7) is 3.33. The van der Waals surface area contributed by atoms with Crippen molar-refractivity contribution in [3.8, 4) is 0 Å². The summed E-state index contributed by atoms with van der Waals surface area (Å²) in [5, 5.41) is 0.